The third-order valence-electron chi connectivity index (χ3n) is 2.37. The van der Waals surface area contributed by atoms with Crippen molar-refractivity contribution in [1.29, 1.82) is 0 Å². The Labute approximate surface area is 125 Å². The van der Waals surface area contributed by atoms with E-state index in [1.54, 1.807) is 21.3 Å². The van der Waals surface area contributed by atoms with Gasteiger partial charge in [-0.1, -0.05) is 12.1 Å². The fraction of sp³-hybridized carbons (Fsp3) is 0.400. The van der Waals surface area contributed by atoms with Crippen molar-refractivity contribution in [3.63, 3.8) is 0 Å². The zero-order chi connectivity index (χ0) is 12.2. The highest BCUT2D eigenvalue weighted by molar-refractivity contribution is 14.1. The highest BCUT2D eigenvalue weighted by Crippen LogP contribution is 2.23. The molecule has 0 aliphatic heterocycles. The average Bonchev–Trinajstić information content (AvgIpc) is 2.32. The fourth-order valence-electron chi connectivity index (χ4n) is 1.38. The van der Waals surface area contributed by atoms with E-state index in [1.807, 2.05) is 6.07 Å². The molecule has 1 aromatic carbocycles. The minimum absolute atomic E-state index is 0.700. The Morgan fingerprint density at radius 2 is 1.62 bits per heavy atom. The van der Waals surface area contributed by atoms with Crippen molar-refractivity contribution < 1.29 is 13.3 Å². The molecule has 0 radical (unpaired) electrons. The molecule has 0 N–H and O–H groups in total. The fourth-order valence-corrected chi connectivity index (χ4v) is 4.54. The normalized spacial score (nSPS) is 11.8. The second-order valence-electron chi connectivity index (χ2n) is 3.19. The van der Waals surface area contributed by atoms with Crippen LogP contribution in [0, 0.1) is 7.14 Å². The van der Waals surface area contributed by atoms with Gasteiger partial charge in [0.15, 0.2) is 0 Å². The van der Waals surface area contributed by atoms with E-state index < -0.39 is 8.80 Å². The number of rotatable bonds is 5. The van der Waals surface area contributed by atoms with Gasteiger partial charge < -0.3 is 13.3 Å². The number of halogens is 2. The molecule has 0 aromatic heterocycles. The standard InChI is InChI=1S/C10H14I2O3Si/c1-13-16(14-2,15-3)7-8-5-4-6-9(11)10(8)12/h4-6H,7H2,1-3H3. The molecule has 90 valence electrons. The lowest BCUT2D eigenvalue weighted by atomic mass is 10.2. The minimum Gasteiger partial charge on any atom is -0.377 e. The molecule has 0 atom stereocenters. The van der Waals surface area contributed by atoms with Crippen molar-refractivity contribution in [2.45, 2.75) is 6.04 Å². The van der Waals surface area contributed by atoms with Gasteiger partial charge in [0, 0.05) is 34.5 Å². The first kappa shape index (κ1) is 14.8. The molecule has 0 amide bonds. The van der Waals surface area contributed by atoms with E-state index >= 15 is 0 Å². The molecule has 0 aliphatic rings. The summed E-state index contributed by atoms with van der Waals surface area (Å²) in [5, 5.41) is 0. The van der Waals surface area contributed by atoms with Gasteiger partial charge in [0.05, 0.1) is 0 Å². The summed E-state index contributed by atoms with van der Waals surface area (Å²) in [5.74, 6) is 0. The van der Waals surface area contributed by atoms with Crippen LogP contribution in [0.4, 0.5) is 0 Å². The van der Waals surface area contributed by atoms with Gasteiger partial charge in [-0.3, -0.25) is 0 Å². The first-order valence-electron chi connectivity index (χ1n) is 4.67. The van der Waals surface area contributed by atoms with E-state index in [9.17, 15) is 0 Å². The minimum atomic E-state index is -2.52. The predicted octanol–water partition coefficient (Wildman–Crippen LogP) is 2.86. The molecule has 1 rings (SSSR count). The highest BCUT2D eigenvalue weighted by Gasteiger charge is 2.38. The van der Waals surface area contributed by atoms with Gasteiger partial charge in [-0.2, -0.15) is 0 Å². The quantitative estimate of drug-likeness (QED) is 0.496. The first-order chi connectivity index (χ1) is 7.58. The summed E-state index contributed by atoms with van der Waals surface area (Å²) in [7, 11) is 2.40. The molecule has 0 spiro atoms. The number of hydrogen-bond acceptors (Lipinski definition) is 3. The molecule has 6 heteroatoms. The van der Waals surface area contributed by atoms with E-state index in [1.165, 1.54) is 12.7 Å². The van der Waals surface area contributed by atoms with Crippen molar-refractivity contribution in [3.8, 4) is 0 Å². The maximum atomic E-state index is 5.42. The maximum Gasteiger partial charge on any atom is 0.504 e. The molecule has 0 saturated carbocycles. The van der Waals surface area contributed by atoms with Gasteiger partial charge in [-0.25, -0.2) is 0 Å². The Bertz CT molecular complexity index is 348. The zero-order valence-corrected chi connectivity index (χ0v) is 14.7. The average molecular weight is 464 g/mol. The van der Waals surface area contributed by atoms with Crippen LogP contribution in [0.3, 0.4) is 0 Å². The van der Waals surface area contributed by atoms with E-state index in [4.69, 9.17) is 13.3 Å². The Morgan fingerprint density at radius 3 is 2.12 bits per heavy atom. The second kappa shape index (κ2) is 6.64. The summed E-state index contributed by atoms with van der Waals surface area (Å²) >= 11 is 4.67. The van der Waals surface area contributed by atoms with Crippen LogP contribution < -0.4 is 0 Å². The lowest BCUT2D eigenvalue weighted by molar-refractivity contribution is 0.122. The molecule has 0 heterocycles. The zero-order valence-electron chi connectivity index (χ0n) is 9.42. The Balaban J connectivity index is 2.98. The number of hydrogen-bond donors (Lipinski definition) is 0. The number of benzene rings is 1. The van der Waals surface area contributed by atoms with Crippen molar-refractivity contribution >= 4 is 54.0 Å². The van der Waals surface area contributed by atoms with Crippen LogP contribution in [0.5, 0.6) is 0 Å². The molecule has 0 saturated heterocycles. The largest absolute Gasteiger partial charge is 0.504 e. The van der Waals surface area contributed by atoms with Crippen molar-refractivity contribution in [2.75, 3.05) is 21.3 Å². The first-order valence-corrected chi connectivity index (χ1v) is 8.76. The van der Waals surface area contributed by atoms with Gasteiger partial charge in [-0.15, -0.1) is 0 Å². The predicted molar refractivity (Wildman–Crippen MR) is 82.4 cm³/mol. The molecular formula is C10H14I2O3Si. The van der Waals surface area contributed by atoms with E-state index in [0.29, 0.717) is 6.04 Å². The summed E-state index contributed by atoms with van der Waals surface area (Å²) in [6, 6.07) is 6.91. The Morgan fingerprint density at radius 1 is 1.06 bits per heavy atom. The van der Waals surface area contributed by atoms with E-state index in [0.717, 1.165) is 0 Å². The monoisotopic (exact) mass is 464 g/mol. The Hall–Kier alpha value is 0.777. The third kappa shape index (κ3) is 3.39. The van der Waals surface area contributed by atoms with Crippen LogP contribution in [-0.2, 0) is 19.3 Å². The molecule has 0 unspecified atom stereocenters. The van der Waals surface area contributed by atoms with Gasteiger partial charge in [0.25, 0.3) is 0 Å². The topological polar surface area (TPSA) is 27.7 Å². The van der Waals surface area contributed by atoms with Crippen LogP contribution in [0.2, 0.25) is 0 Å². The lowest BCUT2D eigenvalue weighted by Crippen LogP contribution is -2.45. The SMILES string of the molecule is CO[Si](Cc1cccc(I)c1I)(OC)OC. The van der Waals surface area contributed by atoms with Crippen LogP contribution in [0.25, 0.3) is 0 Å². The van der Waals surface area contributed by atoms with E-state index in [2.05, 4.69) is 57.3 Å². The highest BCUT2D eigenvalue weighted by atomic mass is 127. The van der Waals surface area contributed by atoms with Gasteiger partial charge in [-0.05, 0) is 56.8 Å². The van der Waals surface area contributed by atoms with Crippen LogP contribution in [-0.4, -0.2) is 30.1 Å². The van der Waals surface area contributed by atoms with Gasteiger partial charge >= 0.3 is 8.80 Å². The summed E-state index contributed by atoms with van der Waals surface area (Å²) < 4.78 is 18.7. The summed E-state index contributed by atoms with van der Waals surface area (Å²) in [4.78, 5) is 0. The van der Waals surface area contributed by atoms with Crippen molar-refractivity contribution in [2.24, 2.45) is 0 Å². The maximum absolute atomic E-state index is 5.42. The molecule has 3 nitrogen and oxygen atoms in total. The molecular weight excluding hydrogens is 450 g/mol. The summed E-state index contributed by atoms with van der Waals surface area (Å²) in [6.45, 7) is 0. The lowest BCUT2D eigenvalue weighted by Gasteiger charge is -2.24. The van der Waals surface area contributed by atoms with Crippen LogP contribution >= 0.6 is 45.2 Å². The molecule has 0 aliphatic carbocycles. The van der Waals surface area contributed by atoms with Gasteiger partial charge in [0.2, 0.25) is 0 Å². The van der Waals surface area contributed by atoms with Crippen molar-refractivity contribution in [1.82, 2.24) is 0 Å². The third-order valence-corrected chi connectivity index (χ3v) is 8.26. The summed E-state index contributed by atoms with van der Waals surface area (Å²) in [6.07, 6.45) is 0. The molecule has 1 aromatic rings. The smallest absolute Gasteiger partial charge is 0.377 e. The second-order valence-corrected chi connectivity index (χ2v) is 8.37. The molecule has 0 bridgehead atoms. The van der Waals surface area contributed by atoms with Crippen LogP contribution in [0.15, 0.2) is 18.2 Å². The van der Waals surface area contributed by atoms with E-state index in [-0.39, 0.29) is 0 Å². The Kier molecular flexibility index (Phi) is 6.16. The van der Waals surface area contributed by atoms with Crippen molar-refractivity contribution in [3.05, 3.63) is 30.9 Å². The molecule has 16 heavy (non-hydrogen) atoms. The van der Waals surface area contributed by atoms with Crippen LogP contribution in [0.1, 0.15) is 5.56 Å². The summed E-state index contributed by atoms with van der Waals surface area (Å²) in [5.41, 5.74) is 1.21. The molecule has 0 fully saturated rings. The van der Waals surface area contributed by atoms with Gasteiger partial charge in [0.1, 0.15) is 0 Å².